The molecule has 58 heavy (non-hydrogen) atoms. The summed E-state index contributed by atoms with van der Waals surface area (Å²) in [6, 6.07) is 25.8. The molecule has 0 aliphatic rings. The molecule has 0 aliphatic carbocycles. The Balaban J connectivity index is -0.000000792. The molecule has 0 fully saturated rings. The lowest BCUT2D eigenvalue weighted by Gasteiger charge is -2.43. The number of pyridine rings is 1. The third-order valence-electron chi connectivity index (χ3n) is 7.32. The van der Waals surface area contributed by atoms with E-state index in [4.69, 9.17) is 5.11 Å². The Morgan fingerprint density at radius 2 is 1.33 bits per heavy atom. The first-order valence-electron chi connectivity index (χ1n) is 21.3. The lowest BCUT2D eigenvalue weighted by atomic mass is 9.85. The Morgan fingerprint density at radius 3 is 1.74 bits per heavy atom. The van der Waals surface area contributed by atoms with Crippen LogP contribution in [0.15, 0.2) is 128 Å². The summed E-state index contributed by atoms with van der Waals surface area (Å²) in [7, 11) is 2.50. The van der Waals surface area contributed by atoms with Crippen LogP contribution in [0.5, 0.6) is 0 Å². The molecule has 330 valence electrons. The van der Waals surface area contributed by atoms with Gasteiger partial charge in [-0.1, -0.05) is 168 Å². The Labute approximate surface area is 359 Å². The van der Waals surface area contributed by atoms with Gasteiger partial charge in [-0.3, -0.25) is 4.98 Å². The van der Waals surface area contributed by atoms with Gasteiger partial charge in [0.1, 0.15) is 0 Å². The van der Waals surface area contributed by atoms with Crippen molar-refractivity contribution in [3.05, 3.63) is 139 Å². The number of allylic oxidation sites excluding steroid dienone is 4. The van der Waals surface area contributed by atoms with Crippen LogP contribution in [0.25, 0.3) is 11.3 Å². The number of nitrogens with zero attached hydrogens (tertiary/aromatic N) is 3. The first kappa shape index (κ1) is 60.7. The van der Waals surface area contributed by atoms with Crippen LogP contribution in [-0.4, -0.2) is 52.9 Å². The highest BCUT2D eigenvalue weighted by atomic mass is 16.2. The molecule has 0 saturated heterocycles. The number of benzene rings is 2. The van der Waals surface area contributed by atoms with Crippen molar-refractivity contribution in [1.82, 2.24) is 25.9 Å². The Kier molecular flexibility index (Phi) is 40.3. The zero-order valence-electron chi connectivity index (χ0n) is 40.4. The van der Waals surface area contributed by atoms with Crippen LogP contribution in [0.3, 0.4) is 0 Å². The van der Waals surface area contributed by atoms with Crippen LogP contribution in [0, 0.1) is 11.3 Å². The molecule has 7 heteroatoms. The normalized spacial score (nSPS) is 11.1. The van der Waals surface area contributed by atoms with E-state index in [1.165, 1.54) is 23.7 Å². The van der Waals surface area contributed by atoms with Gasteiger partial charge in [-0.2, -0.15) is 0 Å². The summed E-state index contributed by atoms with van der Waals surface area (Å²) in [6.45, 7) is 45.4. The number of rotatable bonds is 16. The van der Waals surface area contributed by atoms with E-state index in [0.717, 1.165) is 68.0 Å². The minimum absolute atomic E-state index is 0.0316. The topological polar surface area (TPSA) is 89.7 Å². The van der Waals surface area contributed by atoms with E-state index in [1.54, 1.807) is 0 Å². The number of hydrogen-bond donors (Lipinski definition) is 4. The lowest BCUT2D eigenvalue weighted by molar-refractivity contribution is 0.0873. The van der Waals surface area contributed by atoms with E-state index in [1.807, 2.05) is 72.9 Å². The monoisotopic (exact) mass is 803 g/mol. The van der Waals surface area contributed by atoms with E-state index < -0.39 is 0 Å². The van der Waals surface area contributed by atoms with Gasteiger partial charge in [0, 0.05) is 49.4 Å². The Bertz CT molecular complexity index is 1410. The summed E-state index contributed by atoms with van der Waals surface area (Å²) in [5.74, 6) is 0.833. The first-order chi connectivity index (χ1) is 27.6. The second-order valence-corrected chi connectivity index (χ2v) is 15.1. The fourth-order valence-corrected chi connectivity index (χ4v) is 5.08. The van der Waals surface area contributed by atoms with Gasteiger partial charge in [0.25, 0.3) is 0 Å². The predicted octanol–water partition coefficient (Wildman–Crippen LogP) is 12.8. The zero-order chi connectivity index (χ0) is 45.7. The average molecular weight is 803 g/mol. The third-order valence-corrected chi connectivity index (χ3v) is 7.32. The molecule has 5 N–H and O–H groups in total. The number of aliphatic hydroxyl groups is 1. The molecule has 0 radical (unpaired) electrons. The van der Waals surface area contributed by atoms with Crippen molar-refractivity contribution in [3.8, 4) is 11.3 Å². The van der Waals surface area contributed by atoms with Crippen molar-refractivity contribution in [2.75, 3.05) is 20.7 Å². The summed E-state index contributed by atoms with van der Waals surface area (Å²) < 4.78 is 0. The molecule has 1 heterocycles. The first-order valence-corrected chi connectivity index (χ1v) is 21.3. The van der Waals surface area contributed by atoms with Crippen molar-refractivity contribution in [3.63, 3.8) is 0 Å². The molecule has 1 aromatic heterocycles. The lowest BCUT2D eigenvalue weighted by Crippen LogP contribution is -2.54. The predicted molar refractivity (Wildman–Crippen MR) is 261 cm³/mol. The van der Waals surface area contributed by atoms with Gasteiger partial charge in [-0.05, 0) is 88.6 Å². The molecule has 3 rings (SSSR count). The third kappa shape index (κ3) is 31.0. The van der Waals surface area contributed by atoms with Crippen LogP contribution in [0.4, 0.5) is 0 Å². The van der Waals surface area contributed by atoms with Crippen molar-refractivity contribution in [2.45, 2.75) is 142 Å². The van der Waals surface area contributed by atoms with Gasteiger partial charge in [-0.15, -0.1) is 6.58 Å². The van der Waals surface area contributed by atoms with E-state index in [-0.39, 0.29) is 17.5 Å². The summed E-state index contributed by atoms with van der Waals surface area (Å²) >= 11 is 0. The standard InChI is InChI=1S/C37H51N5.C4H10.C4H8.2C2H6.CH5N.CH4O/c1-9-16-36(37(6,7)8)42(30(5)10-2)40-34(27-31-17-12-11-13-18-31)24-26-41(39-29(3)4)28-32-20-22-33(23-21-32)35-19-14-15-25-38-35;2*1-4(2)3;4*1-2/h9,11-23,25,34,36,39-40H,3,5,10,24,26-28H2,1-2,4,6-8H3;4H,1-3H3;1H2,2-3H3;2*1-2H3;2H2,1H3;2H,1H3/b16-9+;;;;;;. The largest absolute Gasteiger partial charge is 0.400 e. The molecule has 0 amide bonds. The molecule has 0 bridgehead atoms. The number of nitrogens with one attached hydrogen (secondary N) is 2. The molecule has 2 atom stereocenters. The Hall–Kier alpha value is -4.01. The molecular formula is C51H90N6O. The molecule has 3 aromatic rings. The molecule has 0 spiro atoms. The summed E-state index contributed by atoms with van der Waals surface area (Å²) in [6.07, 6.45) is 9.00. The fraction of sp³-hybridized carbons (Fsp3) is 0.510. The summed E-state index contributed by atoms with van der Waals surface area (Å²) in [5, 5.41) is 11.6. The van der Waals surface area contributed by atoms with Crippen LogP contribution < -0.4 is 16.6 Å². The van der Waals surface area contributed by atoms with E-state index in [2.05, 4.69) is 173 Å². The van der Waals surface area contributed by atoms with Gasteiger partial charge < -0.3 is 21.3 Å². The fourth-order valence-electron chi connectivity index (χ4n) is 5.08. The minimum atomic E-state index is 0.0316. The van der Waals surface area contributed by atoms with E-state index in [0.29, 0.717) is 0 Å². The van der Waals surface area contributed by atoms with Crippen molar-refractivity contribution < 1.29 is 5.11 Å². The van der Waals surface area contributed by atoms with Gasteiger partial charge >= 0.3 is 0 Å². The number of hydrazine groups is 2. The molecule has 7 nitrogen and oxygen atoms in total. The maximum Gasteiger partial charge on any atom is 0.0701 e. The summed E-state index contributed by atoms with van der Waals surface area (Å²) in [5.41, 5.74) is 19.8. The molecule has 2 unspecified atom stereocenters. The second kappa shape index (κ2) is 38.5. The van der Waals surface area contributed by atoms with Crippen LogP contribution in [0.2, 0.25) is 0 Å². The van der Waals surface area contributed by atoms with Crippen LogP contribution >= 0.6 is 0 Å². The van der Waals surface area contributed by atoms with Gasteiger partial charge in [-0.25, -0.2) is 10.4 Å². The maximum absolute atomic E-state index is 7.00. The second-order valence-electron chi connectivity index (χ2n) is 15.1. The van der Waals surface area contributed by atoms with Crippen molar-refractivity contribution in [2.24, 2.45) is 17.1 Å². The smallest absolute Gasteiger partial charge is 0.0701 e. The minimum Gasteiger partial charge on any atom is -0.400 e. The average Bonchev–Trinajstić information content (AvgIpc) is 3.21. The Morgan fingerprint density at radius 1 is 0.828 bits per heavy atom. The number of aromatic nitrogens is 1. The molecule has 2 aromatic carbocycles. The molecule has 0 saturated carbocycles. The highest BCUT2D eigenvalue weighted by Crippen LogP contribution is 2.28. The number of hydrogen-bond acceptors (Lipinski definition) is 7. The quantitative estimate of drug-likeness (QED) is 0.0847. The zero-order valence-corrected chi connectivity index (χ0v) is 40.4. The highest BCUT2D eigenvalue weighted by Gasteiger charge is 2.30. The number of nitrogens with two attached hydrogens (primary N) is 1. The van der Waals surface area contributed by atoms with Crippen molar-refractivity contribution >= 4 is 0 Å². The summed E-state index contributed by atoms with van der Waals surface area (Å²) in [4.78, 5) is 4.49. The van der Waals surface area contributed by atoms with Gasteiger partial charge in [0.15, 0.2) is 0 Å². The van der Waals surface area contributed by atoms with Crippen molar-refractivity contribution in [1.29, 1.82) is 0 Å². The SMILES string of the molecule is C=C(C)C.C=C(C)NN(CCC(Cc1ccccc1)NN(C(=C)CC)C(/C=C/C)C(C)(C)C)Cc1ccc(-c2ccccn2)cc1.CC.CC.CC(C)C.CN.CO. The van der Waals surface area contributed by atoms with Crippen LogP contribution in [-0.2, 0) is 13.0 Å². The maximum atomic E-state index is 7.00. The van der Waals surface area contributed by atoms with E-state index >= 15 is 0 Å². The molecular weight excluding hydrogens is 713 g/mol. The number of aliphatic hydroxyl groups excluding tert-OH is 1. The highest BCUT2D eigenvalue weighted by molar-refractivity contribution is 5.59. The van der Waals surface area contributed by atoms with E-state index in [9.17, 15) is 0 Å². The van der Waals surface area contributed by atoms with Crippen LogP contribution in [0.1, 0.15) is 128 Å². The van der Waals surface area contributed by atoms with Gasteiger partial charge in [0.2, 0.25) is 0 Å². The van der Waals surface area contributed by atoms with Gasteiger partial charge in [0.05, 0.1) is 11.7 Å². The molecule has 0 aliphatic heterocycles.